The number of fused-ring (bicyclic) bond motifs is 1. The van der Waals surface area contributed by atoms with Gasteiger partial charge in [0.25, 0.3) is 0 Å². The number of hydrogen-bond acceptors (Lipinski definition) is 4. The van der Waals surface area contributed by atoms with Gasteiger partial charge in [-0.3, -0.25) is 9.59 Å². The predicted octanol–water partition coefficient (Wildman–Crippen LogP) is 2.33. The first-order chi connectivity index (χ1) is 9.92. The van der Waals surface area contributed by atoms with Crippen LogP contribution in [-0.4, -0.2) is 23.1 Å². The van der Waals surface area contributed by atoms with Crippen LogP contribution in [0.5, 0.6) is 0 Å². The van der Waals surface area contributed by atoms with Gasteiger partial charge < -0.3 is 9.30 Å². The van der Waals surface area contributed by atoms with Gasteiger partial charge in [-0.2, -0.15) is 4.99 Å². The maximum atomic E-state index is 11.8. The molecule has 0 unspecified atom stereocenters. The Morgan fingerprint density at radius 3 is 2.67 bits per heavy atom. The van der Waals surface area contributed by atoms with Crippen molar-refractivity contribution in [3.8, 4) is 0 Å². The van der Waals surface area contributed by atoms with E-state index in [1.165, 1.54) is 18.3 Å². The minimum atomic E-state index is -0.331. The Morgan fingerprint density at radius 1 is 1.33 bits per heavy atom. The quantitative estimate of drug-likeness (QED) is 0.818. The second-order valence-corrected chi connectivity index (χ2v) is 5.84. The van der Waals surface area contributed by atoms with E-state index in [4.69, 9.17) is 4.74 Å². The molecule has 0 aliphatic heterocycles. The second kappa shape index (κ2) is 6.22. The van der Waals surface area contributed by atoms with Crippen molar-refractivity contribution in [2.75, 3.05) is 6.61 Å². The number of amides is 1. The van der Waals surface area contributed by atoms with Crippen molar-refractivity contribution >= 4 is 33.4 Å². The SMILES string of the molecule is CCOC(=O)Cn1c(=NC(C)=O)sc2cc(C)cc(C)c21. The Balaban J connectivity index is 2.68. The summed E-state index contributed by atoms with van der Waals surface area (Å²) in [6, 6.07) is 4.09. The van der Waals surface area contributed by atoms with E-state index in [9.17, 15) is 9.59 Å². The maximum absolute atomic E-state index is 11.8. The Labute approximate surface area is 126 Å². The molecule has 1 aromatic heterocycles. The van der Waals surface area contributed by atoms with Gasteiger partial charge in [0.05, 0.1) is 16.8 Å². The summed E-state index contributed by atoms with van der Waals surface area (Å²) in [5.41, 5.74) is 3.12. The molecule has 5 nitrogen and oxygen atoms in total. The summed E-state index contributed by atoms with van der Waals surface area (Å²) < 4.78 is 7.77. The van der Waals surface area contributed by atoms with Crippen LogP contribution in [-0.2, 0) is 20.9 Å². The third kappa shape index (κ3) is 3.39. The van der Waals surface area contributed by atoms with Crippen LogP contribution in [0.15, 0.2) is 17.1 Å². The van der Waals surface area contributed by atoms with Crippen molar-refractivity contribution in [2.45, 2.75) is 34.2 Å². The molecule has 21 heavy (non-hydrogen) atoms. The molecule has 0 saturated carbocycles. The smallest absolute Gasteiger partial charge is 0.326 e. The van der Waals surface area contributed by atoms with Crippen molar-refractivity contribution in [3.63, 3.8) is 0 Å². The number of carbonyl (C=O) groups is 2. The maximum Gasteiger partial charge on any atom is 0.326 e. The predicted molar refractivity (Wildman–Crippen MR) is 82.2 cm³/mol. The van der Waals surface area contributed by atoms with E-state index >= 15 is 0 Å². The third-order valence-corrected chi connectivity index (χ3v) is 3.98. The molecule has 2 rings (SSSR count). The molecule has 0 spiro atoms. The molecular formula is C15H18N2O3S. The van der Waals surface area contributed by atoms with Gasteiger partial charge in [-0.15, -0.1) is 0 Å². The zero-order valence-electron chi connectivity index (χ0n) is 12.6. The Bertz CT molecular complexity index is 771. The summed E-state index contributed by atoms with van der Waals surface area (Å²) in [6.07, 6.45) is 0. The van der Waals surface area contributed by atoms with Crippen LogP contribution in [0.4, 0.5) is 0 Å². The lowest BCUT2D eigenvalue weighted by molar-refractivity contribution is -0.143. The van der Waals surface area contributed by atoms with E-state index in [1.807, 2.05) is 26.0 Å². The van der Waals surface area contributed by atoms with E-state index in [-0.39, 0.29) is 18.4 Å². The molecule has 0 N–H and O–H groups in total. The number of carbonyl (C=O) groups excluding carboxylic acids is 2. The fourth-order valence-electron chi connectivity index (χ4n) is 2.29. The number of aryl methyl sites for hydroxylation is 2. The molecule has 2 aromatic rings. The highest BCUT2D eigenvalue weighted by atomic mass is 32.1. The van der Waals surface area contributed by atoms with Crippen LogP contribution >= 0.6 is 11.3 Å². The summed E-state index contributed by atoms with van der Waals surface area (Å²) in [4.78, 5) is 27.7. The number of ether oxygens (including phenoxy) is 1. The topological polar surface area (TPSA) is 60.7 Å². The number of esters is 1. The molecule has 0 fully saturated rings. The number of aromatic nitrogens is 1. The summed E-state index contributed by atoms with van der Waals surface area (Å²) in [7, 11) is 0. The Morgan fingerprint density at radius 2 is 2.05 bits per heavy atom. The fraction of sp³-hybridized carbons (Fsp3) is 0.400. The molecule has 0 atom stereocenters. The molecule has 1 heterocycles. The number of hydrogen-bond donors (Lipinski definition) is 0. The average Bonchev–Trinajstić information content (AvgIpc) is 2.66. The van der Waals surface area contributed by atoms with E-state index in [0.717, 1.165) is 21.3 Å². The zero-order chi connectivity index (χ0) is 15.6. The molecule has 6 heteroatoms. The van der Waals surface area contributed by atoms with Crippen molar-refractivity contribution in [1.82, 2.24) is 4.57 Å². The van der Waals surface area contributed by atoms with Gasteiger partial charge >= 0.3 is 5.97 Å². The number of nitrogens with zero attached hydrogens (tertiary/aromatic N) is 2. The minimum absolute atomic E-state index is 0.0594. The van der Waals surface area contributed by atoms with Crippen LogP contribution in [0, 0.1) is 13.8 Å². The lowest BCUT2D eigenvalue weighted by atomic mass is 10.1. The van der Waals surface area contributed by atoms with Gasteiger partial charge in [0.1, 0.15) is 6.54 Å². The monoisotopic (exact) mass is 306 g/mol. The Hall–Kier alpha value is -1.95. The lowest BCUT2D eigenvalue weighted by Crippen LogP contribution is -2.23. The van der Waals surface area contributed by atoms with Crippen molar-refractivity contribution in [2.24, 2.45) is 4.99 Å². The minimum Gasteiger partial charge on any atom is -0.465 e. The molecule has 1 amide bonds. The number of thiazole rings is 1. The molecule has 0 saturated heterocycles. The van der Waals surface area contributed by atoms with Gasteiger partial charge in [0.2, 0.25) is 5.91 Å². The van der Waals surface area contributed by atoms with Gasteiger partial charge in [-0.1, -0.05) is 17.4 Å². The molecule has 0 aliphatic carbocycles. The molecule has 0 aliphatic rings. The molecular weight excluding hydrogens is 288 g/mol. The zero-order valence-corrected chi connectivity index (χ0v) is 13.4. The highest BCUT2D eigenvalue weighted by molar-refractivity contribution is 7.16. The molecule has 112 valence electrons. The highest BCUT2D eigenvalue weighted by Gasteiger charge is 2.13. The van der Waals surface area contributed by atoms with Crippen LogP contribution in [0.3, 0.4) is 0 Å². The highest BCUT2D eigenvalue weighted by Crippen LogP contribution is 2.23. The van der Waals surface area contributed by atoms with Crippen molar-refractivity contribution in [3.05, 3.63) is 28.1 Å². The van der Waals surface area contributed by atoms with Gasteiger partial charge in [0, 0.05) is 6.92 Å². The van der Waals surface area contributed by atoms with E-state index in [1.54, 1.807) is 11.5 Å². The van der Waals surface area contributed by atoms with Gasteiger partial charge in [-0.05, 0) is 38.0 Å². The first-order valence-electron chi connectivity index (χ1n) is 6.74. The first kappa shape index (κ1) is 15.4. The largest absolute Gasteiger partial charge is 0.465 e. The summed E-state index contributed by atoms with van der Waals surface area (Å²) in [5.74, 6) is -0.615. The lowest BCUT2D eigenvalue weighted by Gasteiger charge is -2.07. The van der Waals surface area contributed by atoms with Crippen molar-refractivity contribution in [1.29, 1.82) is 0 Å². The van der Waals surface area contributed by atoms with Crippen LogP contribution in [0.1, 0.15) is 25.0 Å². The summed E-state index contributed by atoms with van der Waals surface area (Å²) in [5, 5.41) is 0. The normalized spacial score (nSPS) is 11.9. The van der Waals surface area contributed by atoms with Crippen molar-refractivity contribution < 1.29 is 14.3 Å². The average molecular weight is 306 g/mol. The van der Waals surface area contributed by atoms with Gasteiger partial charge in [-0.25, -0.2) is 0 Å². The van der Waals surface area contributed by atoms with Crippen LogP contribution in [0.25, 0.3) is 10.2 Å². The number of benzene rings is 1. The van der Waals surface area contributed by atoms with Crippen LogP contribution < -0.4 is 4.80 Å². The standard InChI is InChI=1S/C15H18N2O3S/c1-5-20-13(19)8-17-14-10(3)6-9(2)7-12(14)21-15(17)16-11(4)18/h6-7H,5,8H2,1-4H3. The summed E-state index contributed by atoms with van der Waals surface area (Å²) >= 11 is 1.41. The third-order valence-electron chi connectivity index (χ3n) is 2.96. The molecule has 1 aromatic carbocycles. The van der Waals surface area contributed by atoms with Gasteiger partial charge in [0.15, 0.2) is 4.80 Å². The summed E-state index contributed by atoms with van der Waals surface area (Å²) in [6.45, 7) is 7.56. The van der Waals surface area contributed by atoms with Crippen LogP contribution in [0.2, 0.25) is 0 Å². The molecule has 0 radical (unpaired) electrons. The number of rotatable bonds is 3. The van der Waals surface area contributed by atoms with E-state index in [0.29, 0.717) is 11.4 Å². The first-order valence-corrected chi connectivity index (χ1v) is 7.55. The van der Waals surface area contributed by atoms with E-state index in [2.05, 4.69) is 4.99 Å². The fourth-order valence-corrected chi connectivity index (χ4v) is 3.54. The van der Waals surface area contributed by atoms with E-state index < -0.39 is 0 Å². The second-order valence-electron chi connectivity index (χ2n) is 4.84. The molecule has 0 bridgehead atoms. The Kier molecular flexibility index (Phi) is 4.57.